The fourth-order valence-corrected chi connectivity index (χ4v) is 0.899. The Morgan fingerprint density at radius 1 is 1.42 bits per heavy atom. The van der Waals surface area contributed by atoms with Crippen molar-refractivity contribution in [1.82, 2.24) is 9.78 Å². The van der Waals surface area contributed by atoms with Gasteiger partial charge in [0, 0.05) is 7.05 Å². The standard InChI is InChI=1S/C9H15N3/c1-9(2,3)7-5-8(10)12(4)11-6-7/h5-6,10H,1-4H3. The average Bonchev–Trinajstić information content (AvgIpc) is 1.92. The predicted octanol–water partition coefficient (Wildman–Crippen LogP) is 1.20. The summed E-state index contributed by atoms with van der Waals surface area (Å²) >= 11 is 0. The van der Waals surface area contributed by atoms with E-state index in [2.05, 4.69) is 25.9 Å². The van der Waals surface area contributed by atoms with Crippen LogP contribution in [0.5, 0.6) is 0 Å². The van der Waals surface area contributed by atoms with Crippen LogP contribution in [-0.2, 0) is 12.5 Å². The highest BCUT2D eigenvalue weighted by atomic mass is 15.2. The van der Waals surface area contributed by atoms with Crippen molar-refractivity contribution >= 4 is 0 Å². The summed E-state index contributed by atoms with van der Waals surface area (Å²) in [6.45, 7) is 6.34. The Morgan fingerprint density at radius 2 is 2.00 bits per heavy atom. The number of hydrogen-bond donors (Lipinski definition) is 1. The van der Waals surface area contributed by atoms with Crippen molar-refractivity contribution < 1.29 is 0 Å². The second-order valence-corrected chi connectivity index (χ2v) is 4.00. The Kier molecular flexibility index (Phi) is 2.04. The molecule has 1 heterocycles. The molecule has 3 nitrogen and oxygen atoms in total. The third-order valence-electron chi connectivity index (χ3n) is 1.88. The SMILES string of the molecule is Cn1ncc(C(C)(C)C)cc1=N. The molecule has 0 fully saturated rings. The molecule has 0 aromatic carbocycles. The van der Waals surface area contributed by atoms with E-state index >= 15 is 0 Å². The van der Waals surface area contributed by atoms with E-state index in [0.29, 0.717) is 5.49 Å². The summed E-state index contributed by atoms with van der Waals surface area (Å²) in [6, 6.07) is 1.85. The molecule has 1 aromatic rings. The fraction of sp³-hybridized carbons (Fsp3) is 0.556. The van der Waals surface area contributed by atoms with Crippen LogP contribution >= 0.6 is 0 Å². The molecule has 0 saturated carbocycles. The summed E-state index contributed by atoms with van der Waals surface area (Å²) in [7, 11) is 1.77. The summed E-state index contributed by atoms with van der Waals surface area (Å²) in [6.07, 6.45) is 1.82. The van der Waals surface area contributed by atoms with Crippen LogP contribution in [0.1, 0.15) is 26.3 Å². The minimum atomic E-state index is 0.0804. The van der Waals surface area contributed by atoms with E-state index in [0.717, 1.165) is 5.56 Å². The molecule has 12 heavy (non-hydrogen) atoms. The minimum Gasteiger partial charge on any atom is -0.283 e. The van der Waals surface area contributed by atoms with E-state index in [1.54, 1.807) is 11.7 Å². The molecule has 0 aliphatic rings. The molecule has 0 aliphatic heterocycles. The van der Waals surface area contributed by atoms with Crippen LogP contribution in [0.3, 0.4) is 0 Å². The van der Waals surface area contributed by atoms with Gasteiger partial charge in [-0.15, -0.1) is 0 Å². The van der Waals surface area contributed by atoms with Gasteiger partial charge in [-0.2, -0.15) is 5.10 Å². The second-order valence-electron chi connectivity index (χ2n) is 4.00. The smallest absolute Gasteiger partial charge is 0.141 e. The van der Waals surface area contributed by atoms with Crippen molar-refractivity contribution in [2.45, 2.75) is 26.2 Å². The van der Waals surface area contributed by atoms with Crippen molar-refractivity contribution in [3.8, 4) is 0 Å². The molecular formula is C9H15N3. The molecule has 1 aromatic heterocycles. The zero-order valence-electron chi connectivity index (χ0n) is 8.05. The lowest BCUT2D eigenvalue weighted by molar-refractivity contribution is 0.568. The van der Waals surface area contributed by atoms with E-state index < -0.39 is 0 Å². The third-order valence-corrected chi connectivity index (χ3v) is 1.88. The number of hydrogen-bond acceptors (Lipinski definition) is 2. The summed E-state index contributed by atoms with van der Waals surface area (Å²) in [5, 5.41) is 11.6. The van der Waals surface area contributed by atoms with Crippen LogP contribution in [0.15, 0.2) is 12.3 Å². The minimum absolute atomic E-state index is 0.0804. The van der Waals surface area contributed by atoms with Crippen LogP contribution in [-0.4, -0.2) is 9.78 Å². The number of rotatable bonds is 0. The van der Waals surface area contributed by atoms with Gasteiger partial charge in [0.05, 0.1) is 6.20 Å². The van der Waals surface area contributed by atoms with Crippen LogP contribution in [0, 0.1) is 5.41 Å². The molecule has 3 heteroatoms. The molecule has 0 radical (unpaired) electrons. The van der Waals surface area contributed by atoms with E-state index in [9.17, 15) is 0 Å². The van der Waals surface area contributed by atoms with Crippen molar-refractivity contribution in [1.29, 1.82) is 5.41 Å². The molecule has 0 amide bonds. The van der Waals surface area contributed by atoms with E-state index in [4.69, 9.17) is 5.41 Å². The molecule has 0 bridgehead atoms. The first kappa shape index (κ1) is 8.97. The molecule has 0 saturated heterocycles. The molecule has 0 aliphatic carbocycles. The Bertz CT molecular complexity index is 330. The lowest BCUT2D eigenvalue weighted by Gasteiger charge is -2.18. The molecule has 0 atom stereocenters. The van der Waals surface area contributed by atoms with Gasteiger partial charge >= 0.3 is 0 Å². The van der Waals surface area contributed by atoms with Crippen LogP contribution in [0.25, 0.3) is 0 Å². The van der Waals surface area contributed by atoms with Gasteiger partial charge in [-0.1, -0.05) is 20.8 Å². The highest BCUT2D eigenvalue weighted by Gasteiger charge is 2.13. The largest absolute Gasteiger partial charge is 0.283 e. The van der Waals surface area contributed by atoms with E-state index in [1.807, 2.05) is 12.3 Å². The van der Waals surface area contributed by atoms with Crippen molar-refractivity contribution in [2.24, 2.45) is 7.05 Å². The maximum atomic E-state index is 7.54. The predicted molar refractivity (Wildman–Crippen MR) is 47.8 cm³/mol. The Morgan fingerprint density at radius 3 is 2.42 bits per heavy atom. The monoisotopic (exact) mass is 165 g/mol. The van der Waals surface area contributed by atoms with Crippen molar-refractivity contribution in [3.05, 3.63) is 23.3 Å². The quantitative estimate of drug-likeness (QED) is 0.616. The fourth-order valence-electron chi connectivity index (χ4n) is 0.899. The van der Waals surface area contributed by atoms with Crippen molar-refractivity contribution in [2.75, 3.05) is 0 Å². The Labute approximate surface area is 72.6 Å². The molecular weight excluding hydrogens is 150 g/mol. The lowest BCUT2D eigenvalue weighted by atomic mass is 9.89. The lowest BCUT2D eigenvalue weighted by Crippen LogP contribution is -2.23. The zero-order valence-corrected chi connectivity index (χ0v) is 8.05. The highest BCUT2D eigenvalue weighted by molar-refractivity contribution is 5.15. The summed E-state index contributed by atoms with van der Waals surface area (Å²) in [5.74, 6) is 0. The van der Waals surface area contributed by atoms with Gasteiger partial charge in [0.25, 0.3) is 0 Å². The number of aromatic nitrogens is 2. The van der Waals surface area contributed by atoms with Gasteiger partial charge in [0.1, 0.15) is 5.49 Å². The first-order valence-electron chi connectivity index (χ1n) is 4.00. The summed E-state index contributed by atoms with van der Waals surface area (Å²) in [4.78, 5) is 0. The highest BCUT2D eigenvalue weighted by Crippen LogP contribution is 2.18. The Hall–Kier alpha value is -1.12. The van der Waals surface area contributed by atoms with Crippen LogP contribution < -0.4 is 5.49 Å². The van der Waals surface area contributed by atoms with Gasteiger partial charge in [-0.25, -0.2) is 0 Å². The van der Waals surface area contributed by atoms with Gasteiger partial charge in [-0.3, -0.25) is 10.1 Å². The molecule has 0 spiro atoms. The number of nitrogens with zero attached hydrogens (tertiary/aromatic N) is 2. The zero-order chi connectivity index (χ0) is 9.35. The molecule has 1 N–H and O–H groups in total. The topological polar surface area (TPSA) is 41.7 Å². The number of aryl methyl sites for hydroxylation is 1. The maximum absolute atomic E-state index is 7.54. The second kappa shape index (κ2) is 2.73. The van der Waals surface area contributed by atoms with Crippen LogP contribution in [0.4, 0.5) is 0 Å². The van der Waals surface area contributed by atoms with Crippen LogP contribution in [0.2, 0.25) is 0 Å². The van der Waals surface area contributed by atoms with Gasteiger partial charge < -0.3 is 0 Å². The third kappa shape index (κ3) is 1.72. The average molecular weight is 165 g/mol. The van der Waals surface area contributed by atoms with E-state index in [-0.39, 0.29) is 5.41 Å². The normalized spacial score (nSPS) is 11.7. The maximum Gasteiger partial charge on any atom is 0.141 e. The number of nitrogens with one attached hydrogen (secondary N) is 1. The first-order valence-corrected chi connectivity index (χ1v) is 4.00. The van der Waals surface area contributed by atoms with Gasteiger partial charge in [0.15, 0.2) is 0 Å². The molecule has 66 valence electrons. The summed E-state index contributed by atoms with van der Waals surface area (Å²) in [5.41, 5.74) is 1.63. The van der Waals surface area contributed by atoms with Gasteiger partial charge in [-0.05, 0) is 17.0 Å². The van der Waals surface area contributed by atoms with Crippen molar-refractivity contribution in [3.63, 3.8) is 0 Å². The molecule has 0 unspecified atom stereocenters. The van der Waals surface area contributed by atoms with Gasteiger partial charge in [0.2, 0.25) is 0 Å². The van der Waals surface area contributed by atoms with E-state index in [1.165, 1.54) is 0 Å². The summed E-state index contributed by atoms with van der Waals surface area (Å²) < 4.78 is 1.55. The first-order chi connectivity index (χ1) is 5.41. The Balaban J connectivity index is 3.23. The molecule has 1 rings (SSSR count).